The highest BCUT2D eigenvalue weighted by Crippen LogP contribution is 2.41. The summed E-state index contributed by atoms with van der Waals surface area (Å²) >= 11 is 0. The third-order valence-corrected chi connectivity index (χ3v) is 8.19. The van der Waals surface area contributed by atoms with Gasteiger partial charge in [0, 0.05) is 54.5 Å². The first-order chi connectivity index (χ1) is 20.2. The van der Waals surface area contributed by atoms with Gasteiger partial charge in [0.25, 0.3) is 0 Å². The highest BCUT2D eigenvalue weighted by molar-refractivity contribution is 5.97. The topological polar surface area (TPSA) is 18.5 Å². The summed E-state index contributed by atoms with van der Waals surface area (Å²) < 4.78 is 39.4. The molecule has 4 aromatic carbocycles. The summed E-state index contributed by atoms with van der Waals surface area (Å²) in [6.07, 6.45) is -2.33. The molecule has 4 rings (SSSR count). The number of hydrogen-bond donors (Lipinski definition) is 1. The molecule has 0 aliphatic carbocycles. The van der Waals surface area contributed by atoms with Gasteiger partial charge < -0.3 is 15.1 Å². The Morgan fingerprint density at radius 1 is 0.667 bits per heavy atom. The number of nitrogens with one attached hydrogen (secondary N) is 1. The molecular weight excluding hydrogens is 531 g/mol. The molecule has 224 valence electrons. The minimum Gasteiger partial charge on any atom is -0.376 e. The van der Waals surface area contributed by atoms with Crippen LogP contribution in [0.25, 0.3) is 10.8 Å². The molecule has 0 aliphatic heterocycles. The molecule has 3 nitrogen and oxygen atoms in total. The summed E-state index contributed by atoms with van der Waals surface area (Å²) in [6.45, 7) is 13.6. The number of fused-ring (bicyclic) bond motifs is 1. The molecule has 0 saturated heterocycles. The molecule has 0 amide bonds. The Kier molecular flexibility index (Phi) is 10.4. The summed E-state index contributed by atoms with van der Waals surface area (Å²) in [6, 6.07) is 27.3. The van der Waals surface area contributed by atoms with Crippen molar-refractivity contribution in [2.45, 2.75) is 59.6 Å². The molecule has 0 bridgehead atoms. The first-order valence-electron chi connectivity index (χ1n) is 15.3. The number of aryl methyl sites for hydroxylation is 1. The highest BCUT2D eigenvalue weighted by atomic mass is 19.4. The van der Waals surface area contributed by atoms with Gasteiger partial charge in [-0.1, -0.05) is 61.9 Å². The van der Waals surface area contributed by atoms with Crippen LogP contribution in [0.15, 0.2) is 78.9 Å². The summed E-state index contributed by atoms with van der Waals surface area (Å²) in [5.74, 6) is -0.0791. The van der Waals surface area contributed by atoms with E-state index in [1.807, 2.05) is 36.4 Å². The van der Waals surface area contributed by atoms with Crippen LogP contribution in [0.2, 0.25) is 0 Å². The number of hydrogen-bond acceptors (Lipinski definition) is 3. The van der Waals surface area contributed by atoms with Crippen LogP contribution in [0.5, 0.6) is 0 Å². The van der Waals surface area contributed by atoms with Gasteiger partial charge in [-0.05, 0) is 92.1 Å². The van der Waals surface area contributed by atoms with Crippen molar-refractivity contribution < 1.29 is 13.2 Å². The lowest BCUT2D eigenvalue weighted by atomic mass is 9.79. The molecule has 1 atom stereocenters. The van der Waals surface area contributed by atoms with Gasteiger partial charge in [-0.15, -0.1) is 0 Å². The Bertz CT molecular complexity index is 1440. The fraction of sp³-hybridized carbons (Fsp3) is 0.389. The van der Waals surface area contributed by atoms with E-state index in [1.165, 1.54) is 28.1 Å². The Hall–Kier alpha value is -3.67. The maximum Gasteiger partial charge on any atom is 0.405 e. The van der Waals surface area contributed by atoms with Crippen LogP contribution in [-0.2, 0) is 6.42 Å². The molecule has 6 heteroatoms. The van der Waals surface area contributed by atoms with Crippen molar-refractivity contribution >= 4 is 27.8 Å². The molecule has 4 aromatic rings. The van der Waals surface area contributed by atoms with E-state index in [0.29, 0.717) is 5.69 Å². The SMILES string of the molecule is CCCc1cc(N(CC)CC)ccc1C(c1ccc(N(CC)CC)cc1)c1ccc(NCC(F)(F)F)c2ccccc12. The largest absolute Gasteiger partial charge is 0.405 e. The van der Waals surface area contributed by atoms with Crippen molar-refractivity contribution in [1.29, 1.82) is 0 Å². The van der Waals surface area contributed by atoms with Gasteiger partial charge >= 0.3 is 6.18 Å². The lowest BCUT2D eigenvalue weighted by Crippen LogP contribution is -2.22. The van der Waals surface area contributed by atoms with Gasteiger partial charge in [-0.2, -0.15) is 13.2 Å². The molecule has 0 radical (unpaired) electrons. The van der Waals surface area contributed by atoms with E-state index in [2.05, 4.69) is 92.2 Å². The van der Waals surface area contributed by atoms with E-state index >= 15 is 0 Å². The molecular formula is C36H44F3N3. The Balaban J connectivity index is 1.93. The van der Waals surface area contributed by atoms with Crippen molar-refractivity contribution in [2.24, 2.45) is 0 Å². The third kappa shape index (κ3) is 7.03. The number of halogens is 3. The normalized spacial score (nSPS) is 12.4. The zero-order valence-corrected chi connectivity index (χ0v) is 25.6. The quantitative estimate of drug-likeness (QED) is 0.160. The first-order valence-corrected chi connectivity index (χ1v) is 15.3. The number of rotatable bonds is 13. The summed E-state index contributed by atoms with van der Waals surface area (Å²) in [5, 5.41) is 4.38. The first kappa shape index (κ1) is 31.3. The number of benzene rings is 4. The van der Waals surface area contributed by atoms with Crippen LogP contribution in [0, 0.1) is 0 Å². The second-order valence-corrected chi connectivity index (χ2v) is 10.7. The zero-order valence-electron chi connectivity index (χ0n) is 25.6. The van der Waals surface area contributed by atoms with E-state index in [9.17, 15) is 13.2 Å². The molecule has 0 heterocycles. The average molecular weight is 576 g/mol. The van der Waals surface area contributed by atoms with Gasteiger partial charge in [-0.3, -0.25) is 0 Å². The van der Waals surface area contributed by atoms with Crippen LogP contribution in [0.3, 0.4) is 0 Å². The summed E-state index contributed by atoms with van der Waals surface area (Å²) in [5.41, 5.74) is 7.70. The molecule has 0 spiro atoms. The van der Waals surface area contributed by atoms with Crippen molar-refractivity contribution in [2.75, 3.05) is 47.8 Å². The number of nitrogens with zero attached hydrogens (tertiary/aromatic N) is 2. The van der Waals surface area contributed by atoms with E-state index in [1.54, 1.807) is 0 Å². The maximum absolute atomic E-state index is 13.1. The monoisotopic (exact) mass is 575 g/mol. The van der Waals surface area contributed by atoms with E-state index in [0.717, 1.165) is 55.4 Å². The van der Waals surface area contributed by atoms with Gasteiger partial charge in [0.15, 0.2) is 0 Å². The Morgan fingerprint density at radius 2 is 1.24 bits per heavy atom. The molecule has 0 aromatic heterocycles. The van der Waals surface area contributed by atoms with Gasteiger partial charge in [0.2, 0.25) is 0 Å². The Morgan fingerprint density at radius 3 is 1.83 bits per heavy atom. The number of alkyl halides is 3. The molecule has 1 N–H and O–H groups in total. The lowest BCUT2D eigenvalue weighted by Gasteiger charge is -2.28. The lowest BCUT2D eigenvalue weighted by molar-refractivity contribution is -0.115. The molecule has 42 heavy (non-hydrogen) atoms. The minimum atomic E-state index is -4.30. The molecule has 1 unspecified atom stereocenters. The standard InChI is InChI=1S/C36H44F3N3/c1-6-13-27-24-29(42(9-4)10-5)20-21-30(27)35(26-16-18-28(19-17-26)41(7-2)8-3)33-22-23-34(40-25-36(37,38)39)32-15-12-11-14-31(32)33/h11-12,14-24,35,40H,6-10,13,25H2,1-5H3. The highest BCUT2D eigenvalue weighted by Gasteiger charge is 2.28. The van der Waals surface area contributed by atoms with Crippen molar-refractivity contribution in [3.05, 3.63) is 101 Å². The summed E-state index contributed by atoms with van der Waals surface area (Å²) in [7, 11) is 0. The van der Waals surface area contributed by atoms with Crippen LogP contribution in [-0.4, -0.2) is 38.9 Å². The predicted molar refractivity (Wildman–Crippen MR) is 173 cm³/mol. The van der Waals surface area contributed by atoms with Gasteiger partial charge in [0.05, 0.1) is 0 Å². The van der Waals surface area contributed by atoms with Gasteiger partial charge in [0.1, 0.15) is 6.54 Å². The summed E-state index contributed by atoms with van der Waals surface area (Å²) in [4.78, 5) is 4.70. The van der Waals surface area contributed by atoms with E-state index in [-0.39, 0.29) is 5.92 Å². The average Bonchev–Trinajstić information content (AvgIpc) is 2.99. The number of anilines is 3. The van der Waals surface area contributed by atoms with E-state index < -0.39 is 12.7 Å². The third-order valence-electron chi connectivity index (χ3n) is 8.19. The molecule has 0 saturated carbocycles. The van der Waals surface area contributed by atoms with Crippen molar-refractivity contribution in [3.63, 3.8) is 0 Å². The van der Waals surface area contributed by atoms with Crippen LogP contribution in [0.1, 0.15) is 69.2 Å². The maximum atomic E-state index is 13.1. The second kappa shape index (κ2) is 14.0. The zero-order chi connectivity index (χ0) is 30.3. The van der Waals surface area contributed by atoms with Crippen molar-refractivity contribution in [1.82, 2.24) is 0 Å². The van der Waals surface area contributed by atoms with Gasteiger partial charge in [-0.25, -0.2) is 0 Å². The predicted octanol–water partition coefficient (Wildman–Crippen LogP) is 9.64. The minimum absolute atomic E-state index is 0.0791. The van der Waals surface area contributed by atoms with E-state index in [4.69, 9.17) is 0 Å². The smallest absolute Gasteiger partial charge is 0.376 e. The fourth-order valence-electron chi connectivity index (χ4n) is 6.06. The fourth-order valence-corrected chi connectivity index (χ4v) is 6.06. The van der Waals surface area contributed by atoms with Crippen LogP contribution >= 0.6 is 0 Å². The van der Waals surface area contributed by atoms with Crippen LogP contribution in [0.4, 0.5) is 30.2 Å². The molecule has 0 aliphatic rings. The van der Waals surface area contributed by atoms with Crippen molar-refractivity contribution in [3.8, 4) is 0 Å². The Labute approximate surface area is 249 Å². The second-order valence-electron chi connectivity index (χ2n) is 10.7. The molecule has 0 fully saturated rings. The van der Waals surface area contributed by atoms with Crippen LogP contribution < -0.4 is 15.1 Å².